The number of thiophene rings is 1. The van der Waals surface area contributed by atoms with Gasteiger partial charge >= 0.3 is 0 Å². The second kappa shape index (κ2) is 7.36. The molecule has 1 heterocycles. The number of rotatable bonds is 5. The summed E-state index contributed by atoms with van der Waals surface area (Å²) in [5, 5.41) is 3.47. The lowest BCUT2D eigenvalue weighted by atomic mass is 9.97. The van der Waals surface area contributed by atoms with E-state index in [1.807, 2.05) is 19.9 Å². The molecule has 0 radical (unpaired) electrons. The van der Waals surface area contributed by atoms with E-state index in [0.29, 0.717) is 0 Å². The summed E-state index contributed by atoms with van der Waals surface area (Å²) in [4.78, 5) is 1.10. The van der Waals surface area contributed by atoms with Gasteiger partial charge in [0.1, 0.15) is 5.82 Å². The van der Waals surface area contributed by atoms with Gasteiger partial charge in [0.15, 0.2) is 0 Å². The van der Waals surface area contributed by atoms with Gasteiger partial charge in [-0.2, -0.15) is 0 Å². The van der Waals surface area contributed by atoms with Crippen LogP contribution in [0.5, 0.6) is 0 Å². The highest BCUT2D eigenvalue weighted by Crippen LogP contribution is 2.39. The summed E-state index contributed by atoms with van der Waals surface area (Å²) in [7, 11) is 0. The van der Waals surface area contributed by atoms with Crippen LogP contribution in [0.25, 0.3) is 0 Å². The second-order valence-corrected chi connectivity index (χ2v) is 8.39. The molecule has 1 N–H and O–H groups in total. The molecule has 5 heteroatoms. The number of aryl methyl sites for hydroxylation is 2. The summed E-state index contributed by atoms with van der Waals surface area (Å²) in [6, 6.07) is 5.59. The maximum absolute atomic E-state index is 14.5. The van der Waals surface area contributed by atoms with Gasteiger partial charge in [-0.15, -0.1) is 11.3 Å². The van der Waals surface area contributed by atoms with E-state index >= 15 is 0 Å². The lowest BCUT2D eigenvalue weighted by molar-refractivity contribution is 0.547. The van der Waals surface area contributed by atoms with E-state index in [1.165, 1.54) is 0 Å². The van der Waals surface area contributed by atoms with Gasteiger partial charge in [0.05, 0.1) is 9.83 Å². The first-order chi connectivity index (χ1) is 9.93. The first-order valence-corrected chi connectivity index (χ1v) is 9.29. The average Bonchev–Trinajstić information content (AvgIpc) is 2.72. The zero-order valence-electron chi connectivity index (χ0n) is 12.3. The second-order valence-electron chi connectivity index (χ2n) is 5.13. The van der Waals surface area contributed by atoms with Crippen molar-refractivity contribution in [2.75, 3.05) is 6.54 Å². The normalized spacial score (nSPS) is 12.7. The Bertz CT molecular complexity index is 597. The zero-order chi connectivity index (χ0) is 15.6. The van der Waals surface area contributed by atoms with Crippen molar-refractivity contribution in [3.63, 3.8) is 0 Å². The Labute approximate surface area is 146 Å². The average molecular weight is 435 g/mol. The molecule has 0 bridgehead atoms. The van der Waals surface area contributed by atoms with Crippen molar-refractivity contribution in [2.24, 2.45) is 0 Å². The summed E-state index contributed by atoms with van der Waals surface area (Å²) in [5.41, 5.74) is 2.69. The van der Waals surface area contributed by atoms with Crippen LogP contribution >= 0.6 is 43.2 Å². The molecule has 21 heavy (non-hydrogen) atoms. The first kappa shape index (κ1) is 17.1. The molecule has 0 saturated carbocycles. The van der Waals surface area contributed by atoms with Gasteiger partial charge in [-0.3, -0.25) is 0 Å². The minimum atomic E-state index is -0.137. The SMILES string of the molecule is CCCNC(c1cc(Br)c(Br)s1)c1c(C)cc(C)cc1F. The Morgan fingerprint density at radius 2 is 1.95 bits per heavy atom. The maximum Gasteiger partial charge on any atom is 0.128 e. The highest BCUT2D eigenvalue weighted by molar-refractivity contribution is 9.13. The molecule has 1 unspecified atom stereocenters. The fourth-order valence-electron chi connectivity index (χ4n) is 2.43. The molecule has 0 saturated heterocycles. The smallest absolute Gasteiger partial charge is 0.128 e. The fraction of sp³-hybridized carbons (Fsp3) is 0.375. The number of hydrogen-bond donors (Lipinski definition) is 1. The molecule has 2 aromatic rings. The first-order valence-electron chi connectivity index (χ1n) is 6.88. The van der Waals surface area contributed by atoms with E-state index in [9.17, 15) is 4.39 Å². The van der Waals surface area contributed by atoms with Crippen molar-refractivity contribution < 1.29 is 4.39 Å². The monoisotopic (exact) mass is 433 g/mol. The van der Waals surface area contributed by atoms with Gasteiger partial charge < -0.3 is 5.32 Å². The molecule has 1 aromatic heterocycles. The predicted molar refractivity (Wildman–Crippen MR) is 95.7 cm³/mol. The van der Waals surface area contributed by atoms with Crippen LogP contribution in [0.1, 0.15) is 41.0 Å². The topological polar surface area (TPSA) is 12.0 Å². The van der Waals surface area contributed by atoms with Gasteiger partial charge in [-0.1, -0.05) is 13.0 Å². The van der Waals surface area contributed by atoms with E-state index < -0.39 is 0 Å². The Balaban J connectivity index is 2.50. The molecule has 114 valence electrons. The van der Waals surface area contributed by atoms with Crippen LogP contribution in [0, 0.1) is 19.7 Å². The molecule has 1 nitrogen and oxygen atoms in total. The van der Waals surface area contributed by atoms with Crippen LogP contribution < -0.4 is 5.32 Å². The molecule has 0 aliphatic rings. The van der Waals surface area contributed by atoms with Crippen LogP contribution in [0.15, 0.2) is 26.5 Å². The van der Waals surface area contributed by atoms with Gasteiger partial charge in [0.2, 0.25) is 0 Å². The van der Waals surface area contributed by atoms with E-state index in [0.717, 1.165) is 42.8 Å². The Kier molecular flexibility index (Phi) is 6.00. The van der Waals surface area contributed by atoms with Crippen molar-refractivity contribution in [2.45, 2.75) is 33.2 Å². The van der Waals surface area contributed by atoms with Gasteiger partial charge in [0.25, 0.3) is 0 Å². The van der Waals surface area contributed by atoms with Gasteiger partial charge in [-0.05, 0) is 81.9 Å². The highest BCUT2D eigenvalue weighted by atomic mass is 79.9. The molecular weight excluding hydrogens is 417 g/mol. The third-order valence-corrected chi connectivity index (χ3v) is 6.64. The summed E-state index contributed by atoms with van der Waals surface area (Å²) >= 11 is 8.67. The maximum atomic E-state index is 14.5. The van der Waals surface area contributed by atoms with E-state index in [1.54, 1.807) is 17.4 Å². The summed E-state index contributed by atoms with van der Waals surface area (Å²) < 4.78 is 16.6. The van der Waals surface area contributed by atoms with Crippen molar-refractivity contribution >= 4 is 43.2 Å². The minimum absolute atomic E-state index is 0.113. The van der Waals surface area contributed by atoms with E-state index in [4.69, 9.17) is 0 Å². The van der Waals surface area contributed by atoms with Gasteiger partial charge in [0, 0.05) is 14.9 Å². The van der Waals surface area contributed by atoms with Crippen molar-refractivity contribution in [3.8, 4) is 0 Å². The molecular formula is C16H18Br2FNS. The third-order valence-electron chi connectivity index (χ3n) is 3.32. The van der Waals surface area contributed by atoms with Crippen LogP contribution in [-0.4, -0.2) is 6.54 Å². The van der Waals surface area contributed by atoms with Crippen LogP contribution in [0.4, 0.5) is 4.39 Å². The predicted octanol–water partition coefficient (Wildman–Crippen LogP) is 6.12. The highest BCUT2D eigenvalue weighted by Gasteiger charge is 2.22. The standard InChI is InChI=1S/C16H18Br2FNS/c1-4-5-20-15(13-8-11(17)16(18)21-13)14-10(3)6-9(2)7-12(14)19/h6-8,15,20H,4-5H2,1-3H3. The molecule has 2 rings (SSSR count). The number of benzene rings is 1. The largest absolute Gasteiger partial charge is 0.305 e. The van der Waals surface area contributed by atoms with E-state index in [2.05, 4.69) is 50.2 Å². The molecule has 1 aromatic carbocycles. The fourth-order valence-corrected chi connectivity index (χ4v) is 4.61. The van der Waals surface area contributed by atoms with Crippen molar-refractivity contribution in [1.29, 1.82) is 0 Å². The van der Waals surface area contributed by atoms with Crippen LogP contribution in [0.2, 0.25) is 0 Å². The van der Waals surface area contributed by atoms with Gasteiger partial charge in [-0.25, -0.2) is 4.39 Å². The lowest BCUT2D eigenvalue weighted by Gasteiger charge is -2.21. The summed E-state index contributed by atoms with van der Waals surface area (Å²) in [6.07, 6.45) is 1.01. The minimum Gasteiger partial charge on any atom is -0.305 e. The van der Waals surface area contributed by atoms with E-state index in [-0.39, 0.29) is 11.9 Å². The third kappa shape index (κ3) is 3.95. The Hall–Kier alpha value is -0.230. The number of nitrogens with one attached hydrogen (secondary N) is 1. The van der Waals surface area contributed by atoms with Crippen molar-refractivity contribution in [3.05, 3.63) is 53.8 Å². The molecule has 0 fully saturated rings. The number of halogens is 3. The van der Waals surface area contributed by atoms with Crippen LogP contribution in [0.3, 0.4) is 0 Å². The molecule has 0 spiro atoms. The molecule has 0 aliphatic carbocycles. The zero-order valence-corrected chi connectivity index (χ0v) is 16.3. The quantitative estimate of drug-likeness (QED) is 0.597. The number of hydrogen-bond acceptors (Lipinski definition) is 2. The molecule has 0 amide bonds. The van der Waals surface area contributed by atoms with Crippen molar-refractivity contribution in [1.82, 2.24) is 5.32 Å². The molecule has 1 atom stereocenters. The summed E-state index contributed by atoms with van der Waals surface area (Å²) in [6.45, 7) is 6.86. The molecule has 0 aliphatic heterocycles. The Morgan fingerprint density at radius 1 is 1.24 bits per heavy atom. The summed E-state index contributed by atoms with van der Waals surface area (Å²) in [5.74, 6) is -0.137. The lowest BCUT2D eigenvalue weighted by Crippen LogP contribution is -2.24. The van der Waals surface area contributed by atoms with Crippen LogP contribution in [-0.2, 0) is 0 Å². The Morgan fingerprint density at radius 3 is 2.48 bits per heavy atom.